The minimum Gasteiger partial charge on any atom is -0.194 e. The second-order valence-electron chi connectivity index (χ2n) is 4.20. The van der Waals surface area contributed by atoms with Crippen LogP contribution in [0.4, 0.5) is 0 Å². The molecule has 0 spiro atoms. The monoisotopic (exact) mass is 238 g/mol. The first kappa shape index (κ1) is 12.5. The van der Waals surface area contributed by atoms with Crippen LogP contribution >= 0.6 is 0 Å². The number of hydrogen-bond acceptors (Lipinski definition) is 2. The van der Waals surface area contributed by atoms with Gasteiger partial charge in [-0.15, -0.1) is 0 Å². The van der Waals surface area contributed by atoms with Crippen molar-refractivity contribution in [2.24, 2.45) is 10.2 Å². The van der Waals surface area contributed by atoms with E-state index in [0.717, 1.165) is 25.9 Å². The van der Waals surface area contributed by atoms with Crippen molar-refractivity contribution >= 4 is 0 Å². The van der Waals surface area contributed by atoms with Crippen LogP contribution < -0.4 is 0 Å². The molecule has 0 saturated heterocycles. The predicted octanol–water partition coefficient (Wildman–Crippen LogP) is 3.92. The van der Waals surface area contributed by atoms with Crippen molar-refractivity contribution < 1.29 is 0 Å². The van der Waals surface area contributed by atoms with E-state index in [1.165, 1.54) is 11.1 Å². The number of hydrogen-bond donors (Lipinski definition) is 0. The van der Waals surface area contributed by atoms with Crippen LogP contribution in [0.3, 0.4) is 0 Å². The molecule has 0 unspecified atom stereocenters. The Morgan fingerprint density at radius 3 is 1.33 bits per heavy atom. The summed E-state index contributed by atoms with van der Waals surface area (Å²) in [5.74, 6) is 0. The molecule has 2 rings (SSSR count). The quantitative estimate of drug-likeness (QED) is 0.681. The second kappa shape index (κ2) is 7.38. The molecule has 0 bridgehead atoms. The molecule has 0 amide bonds. The molecular formula is C16H18N2. The normalized spacial score (nSPS) is 10.9. The van der Waals surface area contributed by atoms with Crippen molar-refractivity contribution in [3.05, 3.63) is 71.8 Å². The van der Waals surface area contributed by atoms with E-state index in [-0.39, 0.29) is 0 Å². The Kier molecular flexibility index (Phi) is 5.12. The molecule has 0 heterocycles. The third-order valence-corrected chi connectivity index (χ3v) is 2.79. The van der Waals surface area contributed by atoms with Gasteiger partial charge in [-0.3, -0.25) is 0 Å². The Morgan fingerprint density at radius 1 is 0.556 bits per heavy atom. The van der Waals surface area contributed by atoms with Crippen LogP contribution in [-0.4, -0.2) is 13.1 Å². The number of azo groups is 1. The lowest BCUT2D eigenvalue weighted by Crippen LogP contribution is -1.90. The van der Waals surface area contributed by atoms with E-state index in [4.69, 9.17) is 0 Å². The van der Waals surface area contributed by atoms with Crippen LogP contribution in [0.1, 0.15) is 11.1 Å². The van der Waals surface area contributed by atoms with Crippen molar-refractivity contribution in [3.8, 4) is 0 Å². The third-order valence-electron chi connectivity index (χ3n) is 2.79. The van der Waals surface area contributed by atoms with Gasteiger partial charge in [-0.05, 0) is 24.0 Å². The van der Waals surface area contributed by atoms with Crippen LogP contribution in [0.25, 0.3) is 0 Å². The summed E-state index contributed by atoms with van der Waals surface area (Å²) in [6, 6.07) is 20.8. The Hall–Kier alpha value is -1.96. The summed E-state index contributed by atoms with van der Waals surface area (Å²) in [4.78, 5) is 0. The van der Waals surface area contributed by atoms with Gasteiger partial charge in [0.15, 0.2) is 0 Å². The molecule has 2 aromatic carbocycles. The maximum absolute atomic E-state index is 4.21. The van der Waals surface area contributed by atoms with Gasteiger partial charge in [0.25, 0.3) is 0 Å². The molecule has 0 aliphatic carbocycles. The van der Waals surface area contributed by atoms with Gasteiger partial charge < -0.3 is 0 Å². The van der Waals surface area contributed by atoms with E-state index in [2.05, 4.69) is 58.8 Å². The predicted molar refractivity (Wildman–Crippen MR) is 74.9 cm³/mol. The lowest BCUT2D eigenvalue weighted by Gasteiger charge is -1.97. The Bertz CT molecular complexity index is 417. The average molecular weight is 238 g/mol. The maximum atomic E-state index is 4.21. The van der Waals surface area contributed by atoms with Crippen molar-refractivity contribution in [2.45, 2.75) is 12.8 Å². The van der Waals surface area contributed by atoms with E-state index in [9.17, 15) is 0 Å². The molecule has 92 valence electrons. The van der Waals surface area contributed by atoms with Gasteiger partial charge in [-0.1, -0.05) is 60.7 Å². The number of rotatable bonds is 6. The van der Waals surface area contributed by atoms with Crippen molar-refractivity contribution in [1.82, 2.24) is 0 Å². The lowest BCUT2D eigenvalue weighted by atomic mass is 10.1. The fraction of sp³-hybridized carbons (Fsp3) is 0.250. The highest BCUT2D eigenvalue weighted by molar-refractivity contribution is 5.15. The molecule has 2 heteroatoms. The first-order valence-corrected chi connectivity index (χ1v) is 6.36. The zero-order valence-corrected chi connectivity index (χ0v) is 10.5. The minimum atomic E-state index is 0.777. The van der Waals surface area contributed by atoms with Crippen molar-refractivity contribution in [1.29, 1.82) is 0 Å². The standard InChI is InChI=1S/C16H18N2/c1-3-7-15(8-4-1)11-13-17-18-14-12-16-9-5-2-6-10-16/h1-10H,11-14H2. The van der Waals surface area contributed by atoms with Gasteiger partial charge in [0.05, 0.1) is 13.1 Å². The van der Waals surface area contributed by atoms with Gasteiger partial charge in [0.2, 0.25) is 0 Å². The summed E-state index contributed by atoms with van der Waals surface area (Å²) in [6.45, 7) is 1.55. The molecule has 0 atom stereocenters. The fourth-order valence-corrected chi connectivity index (χ4v) is 1.79. The molecule has 0 aliphatic rings. The highest BCUT2D eigenvalue weighted by atomic mass is 15.1. The average Bonchev–Trinajstić information content (AvgIpc) is 2.45. The van der Waals surface area contributed by atoms with Crippen LogP contribution in [0, 0.1) is 0 Å². The van der Waals surface area contributed by atoms with E-state index in [1.54, 1.807) is 0 Å². The molecule has 2 nitrogen and oxygen atoms in total. The van der Waals surface area contributed by atoms with Gasteiger partial charge in [-0.25, -0.2) is 0 Å². The third kappa shape index (κ3) is 4.50. The van der Waals surface area contributed by atoms with Gasteiger partial charge in [-0.2, -0.15) is 10.2 Å². The molecule has 0 aliphatic heterocycles. The summed E-state index contributed by atoms with van der Waals surface area (Å²) in [5, 5.41) is 8.41. The zero-order valence-electron chi connectivity index (χ0n) is 10.5. The molecule has 0 fully saturated rings. The summed E-state index contributed by atoms with van der Waals surface area (Å²) < 4.78 is 0. The summed E-state index contributed by atoms with van der Waals surface area (Å²) >= 11 is 0. The van der Waals surface area contributed by atoms with Crippen molar-refractivity contribution in [2.75, 3.05) is 13.1 Å². The summed E-state index contributed by atoms with van der Waals surface area (Å²) in [5.41, 5.74) is 2.64. The van der Waals surface area contributed by atoms with E-state index >= 15 is 0 Å². The minimum absolute atomic E-state index is 0.777. The van der Waals surface area contributed by atoms with Crippen LogP contribution in [0.15, 0.2) is 70.9 Å². The Labute approximate surface area is 108 Å². The van der Waals surface area contributed by atoms with Crippen molar-refractivity contribution in [3.63, 3.8) is 0 Å². The second-order valence-corrected chi connectivity index (χ2v) is 4.20. The topological polar surface area (TPSA) is 24.7 Å². The fourth-order valence-electron chi connectivity index (χ4n) is 1.79. The first-order valence-electron chi connectivity index (χ1n) is 6.36. The van der Waals surface area contributed by atoms with Gasteiger partial charge >= 0.3 is 0 Å². The highest BCUT2D eigenvalue weighted by Crippen LogP contribution is 2.01. The van der Waals surface area contributed by atoms with Gasteiger partial charge in [0, 0.05) is 0 Å². The molecule has 0 N–H and O–H groups in total. The summed E-state index contributed by atoms with van der Waals surface area (Å²) in [7, 11) is 0. The largest absolute Gasteiger partial charge is 0.194 e. The van der Waals surface area contributed by atoms with Gasteiger partial charge in [0.1, 0.15) is 0 Å². The van der Waals surface area contributed by atoms with Crippen LogP contribution in [-0.2, 0) is 12.8 Å². The molecule has 0 radical (unpaired) electrons. The Balaban J connectivity index is 1.64. The Morgan fingerprint density at radius 2 is 0.944 bits per heavy atom. The van der Waals surface area contributed by atoms with Crippen LogP contribution in [0.5, 0.6) is 0 Å². The van der Waals surface area contributed by atoms with E-state index in [1.807, 2.05) is 12.1 Å². The lowest BCUT2D eigenvalue weighted by molar-refractivity contribution is 0.815. The first-order chi connectivity index (χ1) is 8.95. The molecule has 2 aromatic rings. The molecule has 0 aromatic heterocycles. The molecule has 18 heavy (non-hydrogen) atoms. The smallest absolute Gasteiger partial charge is 0.0639 e. The maximum Gasteiger partial charge on any atom is 0.0639 e. The zero-order chi connectivity index (χ0) is 12.5. The highest BCUT2D eigenvalue weighted by Gasteiger charge is 1.91. The number of benzene rings is 2. The molecular weight excluding hydrogens is 220 g/mol. The number of nitrogens with zero attached hydrogens (tertiary/aromatic N) is 2. The van der Waals surface area contributed by atoms with E-state index < -0.39 is 0 Å². The van der Waals surface area contributed by atoms with Crippen LogP contribution in [0.2, 0.25) is 0 Å². The van der Waals surface area contributed by atoms with E-state index in [0.29, 0.717) is 0 Å². The summed E-state index contributed by atoms with van der Waals surface area (Å²) in [6.07, 6.45) is 1.94. The molecule has 0 saturated carbocycles. The SMILES string of the molecule is c1ccc(CCN=NCCc2ccccc2)cc1.